The van der Waals surface area contributed by atoms with E-state index in [0.29, 0.717) is 11.6 Å². The molecule has 0 atom stereocenters. The number of aromatic carboxylic acids is 1. The lowest BCUT2D eigenvalue weighted by atomic mass is 10.1. The summed E-state index contributed by atoms with van der Waals surface area (Å²) < 4.78 is 5.55. The van der Waals surface area contributed by atoms with Crippen molar-refractivity contribution in [3.8, 4) is 11.6 Å². The third-order valence-corrected chi connectivity index (χ3v) is 2.43. The second-order valence-electron chi connectivity index (χ2n) is 3.86. The van der Waals surface area contributed by atoms with E-state index in [9.17, 15) is 4.79 Å². The molecule has 5 nitrogen and oxygen atoms in total. The summed E-state index contributed by atoms with van der Waals surface area (Å²) in [6, 6.07) is 6.61. The number of para-hydroxylation sites is 1. The van der Waals surface area contributed by atoms with Crippen LogP contribution in [0.2, 0.25) is 0 Å². The van der Waals surface area contributed by atoms with Crippen LogP contribution in [0, 0.1) is 13.8 Å². The Morgan fingerprint density at radius 1 is 1.28 bits per heavy atom. The van der Waals surface area contributed by atoms with Crippen LogP contribution in [0.25, 0.3) is 0 Å². The van der Waals surface area contributed by atoms with Crippen molar-refractivity contribution < 1.29 is 14.6 Å². The van der Waals surface area contributed by atoms with Crippen LogP contribution in [-0.2, 0) is 0 Å². The minimum Gasteiger partial charge on any atom is -0.478 e. The molecule has 2 aromatic rings. The summed E-state index contributed by atoms with van der Waals surface area (Å²) in [5.41, 5.74) is 1.61. The lowest BCUT2D eigenvalue weighted by Crippen LogP contribution is -2.02. The van der Waals surface area contributed by atoms with Gasteiger partial charge in [0.2, 0.25) is 5.88 Å². The molecule has 5 heteroatoms. The van der Waals surface area contributed by atoms with Crippen LogP contribution < -0.4 is 4.74 Å². The van der Waals surface area contributed by atoms with Gasteiger partial charge in [-0.1, -0.05) is 12.1 Å². The van der Waals surface area contributed by atoms with Gasteiger partial charge in [0.15, 0.2) is 0 Å². The monoisotopic (exact) mass is 244 g/mol. The molecule has 2 rings (SSSR count). The Morgan fingerprint density at radius 2 is 2.06 bits per heavy atom. The van der Waals surface area contributed by atoms with Crippen molar-refractivity contribution in [3.63, 3.8) is 0 Å². The van der Waals surface area contributed by atoms with Gasteiger partial charge in [0, 0.05) is 11.8 Å². The molecular formula is C13H12N2O3. The summed E-state index contributed by atoms with van der Waals surface area (Å²) in [5, 5.41) is 9.11. The molecule has 92 valence electrons. The molecule has 0 spiro atoms. The number of aromatic nitrogens is 2. The minimum absolute atomic E-state index is 0.117. The summed E-state index contributed by atoms with van der Waals surface area (Å²) in [7, 11) is 0. The maximum atomic E-state index is 11.1. The predicted octanol–water partition coefficient (Wildman–Crippen LogP) is 2.58. The van der Waals surface area contributed by atoms with E-state index < -0.39 is 5.97 Å². The fraction of sp³-hybridized carbons (Fsp3) is 0.154. The number of hydrogen-bond donors (Lipinski definition) is 1. The number of hydrogen-bond acceptors (Lipinski definition) is 4. The molecule has 1 heterocycles. The molecule has 0 aliphatic heterocycles. The number of carboxylic acid groups (broad SMARTS) is 1. The number of rotatable bonds is 3. The highest BCUT2D eigenvalue weighted by Crippen LogP contribution is 2.27. The van der Waals surface area contributed by atoms with Crippen molar-refractivity contribution in [2.75, 3.05) is 0 Å². The Hall–Kier alpha value is -2.43. The van der Waals surface area contributed by atoms with Crippen LogP contribution in [0.15, 0.2) is 30.6 Å². The van der Waals surface area contributed by atoms with Crippen molar-refractivity contribution in [2.24, 2.45) is 0 Å². The maximum absolute atomic E-state index is 11.1. The van der Waals surface area contributed by atoms with Gasteiger partial charge in [-0.15, -0.1) is 0 Å². The van der Waals surface area contributed by atoms with Crippen LogP contribution in [0.4, 0.5) is 0 Å². The number of carboxylic acids is 1. The van der Waals surface area contributed by atoms with E-state index in [1.54, 1.807) is 25.1 Å². The highest BCUT2D eigenvalue weighted by Gasteiger charge is 2.14. The van der Waals surface area contributed by atoms with E-state index >= 15 is 0 Å². The molecular weight excluding hydrogens is 232 g/mol. The van der Waals surface area contributed by atoms with Gasteiger partial charge in [-0.2, -0.15) is 0 Å². The zero-order chi connectivity index (χ0) is 13.1. The van der Waals surface area contributed by atoms with Gasteiger partial charge in [-0.3, -0.25) is 0 Å². The second-order valence-corrected chi connectivity index (χ2v) is 3.86. The third kappa shape index (κ3) is 2.45. The molecule has 1 aromatic carbocycles. The molecule has 0 aliphatic carbocycles. The van der Waals surface area contributed by atoms with Gasteiger partial charge < -0.3 is 9.84 Å². The zero-order valence-electron chi connectivity index (χ0n) is 10.0. The van der Waals surface area contributed by atoms with Crippen molar-refractivity contribution in [2.45, 2.75) is 13.8 Å². The summed E-state index contributed by atoms with van der Waals surface area (Å²) in [5.74, 6) is -0.387. The smallest absolute Gasteiger partial charge is 0.339 e. The average molecular weight is 244 g/mol. The normalized spacial score (nSPS) is 10.1. The van der Waals surface area contributed by atoms with E-state index in [-0.39, 0.29) is 5.56 Å². The van der Waals surface area contributed by atoms with Crippen molar-refractivity contribution in [1.29, 1.82) is 0 Å². The van der Waals surface area contributed by atoms with Gasteiger partial charge in [0.1, 0.15) is 17.6 Å². The number of nitrogens with zero attached hydrogens (tertiary/aromatic N) is 2. The molecule has 0 saturated heterocycles. The maximum Gasteiger partial charge on any atom is 0.339 e. The topological polar surface area (TPSA) is 72.3 Å². The summed E-state index contributed by atoms with van der Waals surface area (Å²) in [6.07, 6.45) is 1.38. The SMILES string of the molecule is Cc1cc(Oc2c(C)cccc2C(=O)O)ncn1. The highest BCUT2D eigenvalue weighted by atomic mass is 16.5. The average Bonchev–Trinajstić information content (AvgIpc) is 2.31. The molecule has 0 bridgehead atoms. The van der Waals surface area contributed by atoms with Crippen LogP contribution in [0.5, 0.6) is 11.6 Å². The van der Waals surface area contributed by atoms with E-state index in [0.717, 1.165) is 11.3 Å². The molecule has 0 saturated carbocycles. The predicted molar refractivity (Wildman–Crippen MR) is 65.0 cm³/mol. The Kier molecular flexibility index (Phi) is 3.23. The number of ether oxygens (including phenoxy) is 1. The minimum atomic E-state index is -1.03. The summed E-state index contributed by atoms with van der Waals surface area (Å²) in [4.78, 5) is 19.0. The van der Waals surface area contributed by atoms with Crippen LogP contribution in [0.1, 0.15) is 21.6 Å². The summed E-state index contributed by atoms with van der Waals surface area (Å²) in [6.45, 7) is 3.60. The van der Waals surface area contributed by atoms with E-state index in [1.807, 2.05) is 6.92 Å². The first-order valence-corrected chi connectivity index (χ1v) is 5.37. The molecule has 0 unspecified atom stereocenters. The van der Waals surface area contributed by atoms with Gasteiger partial charge >= 0.3 is 5.97 Å². The van der Waals surface area contributed by atoms with Gasteiger partial charge in [0.05, 0.1) is 0 Å². The highest BCUT2D eigenvalue weighted by molar-refractivity contribution is 5.91. The first-order valence-electron chi connectivity index (χ1n) is 5.37. The number of carbonyl (C=O) groups is 1. The Labute approximate surface area is 104 Å². The van der Waals surface area contributed by atoms with Crippen molar-refractivity contribution >= 4 is 5.97 Å². The molecule has 0 amide bonds. The van der Waals surface area contributed by atoms with Crippen molar-refractivity contribution in [3.05, 3.63) is 47.4 Å². The first-order chi connectivity index (χ1) is 8.58. The van der Waals surface area contributed by atoms with Crippen molar-refractivity contribution in [1.82, 2.24) is 9.97 Å². The van der Waals surface area contributed by atoms with E-state index in [4.69, 9.17) is 9.84 Å². The molecule has 0 fully saturated rings. The Morgan fingerprint density at radius 3 is 2.72 bits per heavy atom. The Balaban J connectivity index is 2.42. The van der Waals surface area contributed by atoms with Crippen LogP contribution in [-0.4, -0.2) is 21.0 Å². The van der Waals surface area contributed by atoms with E-state index in [1.165, 1.54) is 12.4 Å². The largest absolute Gasteiger partial charge is 0.478 e. The first kappa shape index (κ1) is 12.0. The fourth-order valence-corrected chi connectivity index (χ4v) is 1.55. The van der Waals surface area contributed by atoms with Gasteiger partial charge in [0.25, 0.3) is 0 Å². The molecule has 18 heavy (non-hydrogen) atoms. The van der Waals surface area contributed by atoms with Gasteiger partial charge in [-0.05, 0) is 25.5 Å². The van der Waals surface area contributed by atoms with Crippen LogP contribution in [0.3, 0.4) is 0 Å². The van der Waals surface area contributed by atoms with Crippen LogP contribution >= 0.6 is 0 Å². The second kappa shape index (κ2) is 4.83. The van der Waals surface area contributed by atoms with E-state index in [2.05, 4.69) is 9.97 Å². The Bertz CT molecular complexity index is 597. The third-order valence-electron chi connectivity index (χ3n) is 2.43. The number of aryl methyl sites for hydroxylation is 2. The lowest BCUT2D eigenvalue weighted by molar-refractivity contribution is 0.0694. The van der Waals surface area contributed by atoms with Gasteiger partial charge in [-0.25, -0.2) is 14.8 Å². The summed E-state index contributed by atoms with van der Waals surface area (Å²) >= 11 is 0. The fourth-order valence-electron chi connectivity index (χ4n) is 1.55. The standard InChI is InChI=1S/C13H12N2O3/c1-8-4-3-5-10(13(16)17)12(8)18-11-6-9(2)14-7-15-11/h3-7H,1-2H3,(H,16,17). The lowest BCUT2D eigenvalue weighted by Gasteiger charge is -2.10. The quantitative estimate of drug-likeness (QED) is 0.898. The molecule has 1 aromatic heterocycles. The molecule has 1 N–H and O–H groups in total. The number of benzene rings is 1. The molecule has 0 radical (unpaired) electrons. The molecule has 0 aliphatic rings. The zero-order valence-corrected chi connectivity index (χ0v) is 10.0.